The molecule has 0 saturated carbocycles. The monoisotopic (exact) mass is 550 g/mol. The lowest BCUT2D eigenvalue weighted by Crippen LogP contribution is -2.48. The third-order valence-corrected chi connectivity index (χ3v) is 8.40. The standard InChI is InChI=1S/C33H38N6O2/c40-32(38-18-13-28(14-19-38)37-16-5-2-6-17-37)30-24-39(23-25-8-3-1-4-9-25)31-20-27(11-12-29(30)31)36-33(41)35-22-26-10-7-15-34-21-26/h1,3-4,7-12,15,20-21,24,28H,2,5-6,13-14,16-19,22-23H2,(H2,35,36,41). The predicted molar refractivity (Wildman–Crippen MR) is 162 cm³/mol. The van der Waals surface area contributed by atoms with E-state index in [-0.39, 0.29) is 11.9 Å². The summed E-state index contributed by atoms with van der Waals surface area (Å²) in [6.45, 7) is 5.01. The summed E-state index contributed by atoms with van der Waals surface area (Å²) >= 11 is 0. The number of carbonyl (C=O) groups is 2. The van der Waals surface area contributed by atoms with Gasteiger partial charge in [0.15, 0.2) is 0 Å². The maximum absolute atomic E-state index is 13.9. The van der Waals surface area contributed by atoms with E-state index in [1.807, 2.05) is 59.6 Å². The van der Waals surface area contributed by atoms with Crippen LogP contribution in [0, 0.1) is 0 Å². The van der Waals surface area contributed by atoms with E-state index in [2.05, 4.69) is 37.2 Å². The molecule has 2 fully saturated rings. The van der Waals surface area contributed by atoms with E-state index in [4.69, 9.17) is 0 Å². The van der Waals surface area contributed by atoms with Gasteiger partial charge < -0.3 is 25.0 Å². The Labute approximate surface area is 241 Å². The van der Waals surface area contributed by atoms with E-state index in [0.717, 1.165) is 53.5 Å². The minimum Gasteiger partial charge on any atom is -0.342 e. The zero-order valence-electron chi connectivity index (χ0n) is 23.5. The van der Waals surface area contributed by atoms with Gasteiger partial charge in [-0.05, 0) is 74.2 Å². The van der Waals surface area contributed by atoms with Crippen LogP contribution in [-0.4, -0.2) is 63.5 Å². The van der Waals surface area contributed by atoms with E-state index in [9.17, 15) is 9.59 Å². The largest absolute Gasteiger partial charge is 0.342 e. The van der Waals surface area contributed by atoms with Crippen LogP contribution in [0.25, 0.3) is 10.9 Å². The third kappa shape index (κ3) is 6.43. The molecule has 0 unspecified atom stereocenters. The fourth-order valence-corrected chi connectivity index (χ4v) is 6.20. The molecule has 8 heteroatoms. The lowest BCUT2D eigenvalue weighted by molar-refractivity contribution is 0.0591. The summed E-state index contributed by atoms with van der Waals surface area (Å²) in [4.78, 5) is 35.3. The fraction of sp³-hybridized carbons (Fsp3) is 0.364. The van der Waals surface area contributed by atoms with Crippen LogP contribution in [0.2, 0.25) is 0 Å². The number of carbonyl (C=O) groups excluding carboxylic acids is 2. The summed E-state index contributed by atoms with van der Waals surface area (Å²) in [5.74, 6) is 0.0915. The van der Waals surface area contributed by atoms with Crippen LogP contribution in [0.5, 0.6) is 0 Å². The van der Waals surface area contributed by atoms with Gasteiger partial charge in [-0.3, -0.25) is 9.78 Å². The van der Waals surface area contributed by atoms with Gasteiger partial charge in [0.25, 0.3) is 5.91 Å². The number of fused-ring (bicyclic) bond motifs is 1. The number of nitrogens with one attached hydrogen (secondary N) is 2. The van der Waals surface area contributed by atoms with Gasteiger partial charge in [0.2, 0.25) is 0 Å². The molecule has 2 aliphatic rings. The van der Waals surface area contributed by atoms with Crippen molar-refractivity contribution in [3.8, 4) is 0 Å². The molecule has 0 radical (unpaired) electrons. The third-order valence-electron chi connectivity index (χ3n) is 8.40. The number of hydrogen-bond donors (Lipinski definition) is 2. The Bertz CT molecular complexity index is 1470. The molecule has 4 heterocycles. The molecule has 0 aliphatic carbocycles. The predicted octanol–water partition coefficient (Wildman–Crippen LogP) is 5.50. The van der Waals surface area contributed by atoms with Crippen molar-refractivity contribution in [1.82, 2.24) is 24.7 Å². The SMILES string of the molecule is O=C(NCc1cccnc1)Nc1ccc2c(C(=O)N3CCC(N4CCCCC4)CC3)cn(Cc3ccccc3)c2c1. The number of piperidine rings is 2. The fourth-order valence-electron chi connectivity index (χ4n) is 6.20. The van der Waals surface area contributed by atoms with Crippen molar-refractivity contribution < 1.29 is 9.59 Å². The smallest absolute Gasteiger partial charge is 0.319 e. The Hall–Kier alpha value is -4.17. The van der Waals surface area contributed by atoms with Gasteiger partial charge in [0, 0.05) is 61.9 Å². The second-order valence-corrected chi connectivity index (χ2v) is 11.2. The normalized spacial score (nSPS) is 16.5. The summed E-state index contributed by atoms with van der Waals surface area (Å²) in [5, 5.41) is 6.74. The molecule has 212 valence electrons. The first kappa shape index (κ1) is 27.0. The Morgan fingerprint density at radius 2 is 1.66 bits per heavy atom. The van der Waals surface area contributed by atoms with Crippen LogP contribution in [0.1, 0.15) is 53.6 Å². The highest BCUT2D eigenvalue weighted by Gasteiger charge is 2.29. The number of urea groups is 1. The van der Waals surface area contributed by atoms with Crippen molar-refractivity contribution in [1.29, 1.82) is 0 Å². The Morgan fingerprint density at radius 3 is 2.41 bits per heavy atom. The highest BCUT2D eigenvalue weighted by Crippen LogP contribution is 2.29. The number of amides is 3. The molecule has 4 aromatic rings. The summed E-state index contributed by atoms with van der Waals surface area (Å²) in [7, 11) is 0. The van der Waals surface area contributed by atoms with Crippen LogP contribution < -0.4 is 10.6 Å². The van der Waals surface area contributed by atoms with E-state index < -0.39 is 0 Å². The van der Waals surface area contributed by atoms with Crippen molar-refractivity contribution in [3.05, 3.63) is 95.9 Å². The number of nitrogens with zero attached hydrogens (tertiary/aromatic N) is 4. The minimum absolute atomic E-state index is 0.0915. The Morgan fingerprint density at radius 1 is 0.878 bits per heavy atom. The molecule has 8 nitrogen and oxygen atoms in total. The average Bonchev–Trinajstić information content (AvgIpc) is 3.38. The van der Waals surface area contributed by atoms with Gasteiger partial charge in [-0.2, -0.15) is 0 Å². The van der Waals surface area contributed by atoms with Crippen LogP contribution in [0.3, 0.4) is 0 Å². The zero-order valence-corrected chi connectivity index (χ0v) is 23.5. The number of pyridine rings is 1. The van der Waals surface area contributed by atoms with Gasteiger partial charge in [0.1, 0.15) is 0 Å². The summed E-state index contributed by atoms with van der Waals surface area (Å²) in [6, 6.07) is 20.1. The molecule has 6 rings (SSSR count). The first-order valence-electron chi connectivity index (χ1n) is 14.8. The number of rotatable bonds is 7. The van der Waals surface area contributed by atoms with Gasteiger partial charge in [0.05, 0.1) is 11.1 Å². The van der Waals surface area contributed by atoms with Crippen LogP contribution in [0.15, 0.2) is 79.3 Å². The Balaban J connectivity index is 1.20. The maximum atomic E-state index is 13.9. The number of anilines is 1. The van der Waals surface area contributed by atoms with Crippen LogP contribution >= 0.6 is 0 Å². The van der Waals surface area contributed by atoms with Crippen molar-refractivity contribution in [2.24, 2.45) is 0 Å². The molecular weight excluding hydrogens is 512 g/mol. The topological polar surface area (TPSA) is 82.5 Å². The van der Waals surface area contributed by atoms with E-state index in [1.165, 1.54) is 32.4 Å². The lowest BCUT2D eigenvalue weighted by Gasteiger charge is -2.40. The van der Waals surface area contributed by atoms with Crippen molar-refractivity contribution in [2.75, 3.05) is 31.5 Å². The molecule has 2 aliphatic heterocycles. The molecule has 2 saturated heterocycles. The molecular formula is C33H38N6O2. The summed E-state index contributed by atoms with van der Waals surface area (Å²) < 4.78 is 2.12. The number of benzene rings is 2. The molecule has 2 N–H and O–H groups in total. The van der Waals surface area contributed by atoms with Gasteiger partial charge in [-0.1, -0.05) is 42.8 Å². The van der Waals surface area contributed by atoms with Crippen LogP contribution in [-0.2, 0) is 13.1 Å². The highest BCUT2D eigenvalue weighted by atomic mass is 16.2. The number of hydrogen-bond acceptors (Lipinski definition) is 4. The van der Waals surface area contributed by atoms with Crippen LogP contribution in [0.4, 0.5) is 10.5 Å². The van der Waals surface area contributed by atoms with Gasteiger partial charge in [-0.15, -0.1) is 0 Å². The molecule has 2 aromatic heterocycles. The summed E-state index contributed by atoms with van der Waals surface area (Å²) in [6.07, 6.45) is 11.4. The molecule has 3 amide bonds. The summed E-state index contributed by atoms with van der Waals surface area (Å²) in [5.41, 5.74) is 4.40. The first-order chi connectivity index (χ1) is 20.1. The zero-order chi connectivity index (χ0) is 28.0. The van der Waals surface area contributed by atoms with E-state index in [1.54, 1.807) is 12.4 Å². The van der Waals surface area contributed by atoms with Crippen molar-refractivity contribution in [2.45, 2.75) is 51.2 Å². The molecule has 41 heavy (non-hydrogen) atoms. The number of aromatic nitrogens is 2. The second-order valence-electron chi connectivity index (χ2n) is 11.2. The highest BCUT2D eigenvalue weighted by molar-refractivity contribution is 6.08. The maximum Gasteiger partial charge on any atom is 0.319 e. The molecule has 0 atom stereocenters. The van der Waals surface area contributed by atoms with Crippen molar-refractivity contribution >= 4 is 28.5 Å². The molecule has 2 aromatic carbocycles. The Kier molecular flexibility index (Phi) is 8.28. The molecule has 0 spiro atoms. The minimum atomic E-state index is -0.290. The first-order valence-corrected chi connectivity index (χ1v) is 14.8. The van der Waals surface area contributed by atoms with Crippen molar-refractivity contribution in [3.63, 3.8) is 0 Å². The average molecular weight is 551 g/mol. The van der Waals surface area contributed by atoms with Gasteiger partial charge in [-0.25, -0.2) is 4.79 Å². The quantitative estimate of drug-likeness (QED) is 0.319. The van der Waals surface area contributed by atoms with E-state index >= 15 is 0 Å². The second kappa shape index (κ2) is 12.6. The lowest BCUT2D eigenvalue weighted by atomic mass is 9.99. The van der Waals surface area contributed by atoms with Gasteiger partial charge >= 0.3 is 6.03 Å². The molecule has 0 bridgehead atoms. The number of likely N-dealkylation sites (tertiary alicyclic amines) is 2. The van der Waals surface area contributed by atoms with E-state index in [0.29, 0.717) is 24.8 Å².